The van der Waals surface area contributed by atoms with Crippen LogP contribution in [0.1, 0.15) is 10.6 Å². The molecule has 2 aromatic heterocycles. The molecule has 9 heteroatoms. The molecule has 2 aromatic rings. The Labute approximate surface area is 110 Å². The average Bonchev–Trinajstić information content (AvgIpc) is 2.88. The first-order valence-corrected chi connectivity index (χ1v) is 5.52. The number of carbonyl (C=O) groups is 1. The Morgan fingerprint density at radius 3 is 2.83 bits per heavy atom. The second-order valence-electron chi connectivity index (χ2n) is 3.03. The molecular weight excluding hydrogens is 306 g/mol. The number of rotatable bonds is 3. The quantitative estimate of drug-likeness (QED) is 0.767. The van der Waals surface area contributed by atoms with Crippen molar-refractivity contribution in [1.82, 2.24) is 24.7 Å². The first-order chi connectivity index (χ1) is 8.65. The Morgan fingerprint density at radius 1 is 1.39 bits per heavy atom. The number of hydrogen-bond donors (Lipinski definition) is 0. The van der Waals surface area contributed by atoms with Crippen LogP contribution in [0.4, 0.5) is 0 Å². The van der Waals surface area contributed by atoms with Gasteiger partial charge < -0.3 is 9.47 Å². The van der Waals surface area contributed by atoms with Crippen molar-refractivity contribution in [2.75, 3.05) is 14.2 Å². The van der Waals surface area contributed by atoms with Crippen molar-refractivity contribution in [2.24, 2.45) is 0 Å². The Hall–Kier alpha value is -2.03. The maximum absolute atomic E-state index is 11.2. The van der Waals surface area contributed by atoms with Crippen molar-refractivity contribution in [3.8, 4) is 11.8 Å². The smallest absolute Gasteiger partial charge is 0.377 e. The van der Waals surface area contributed by atoms with E-state index >= 15 is 0 Å². The molecular formula is C9H8BrN5O3. The molecule has 94 valence electrons. The lowest BCUT2D eigenvalue weighted by molar-refractivity contribution is 0.0587. The van der Waals surface area contributed by atoms with Crippen LogP contribution in [0.15, 0.2) is 17.0 Å². The fraction of sp³-hybridized carbons (Fsp3) is 0.222. The van der Waals surface area contributed by atoms with Crippen molar-refractivity contribution >= 4 is 21.9 Å². The minimum Gasteiger partial charge on any atom is -0.480 e. The molecule has 8 nitrogen and oxygen atoms in total. The van der Waals surface area contributed by atoms with E-state index in [1.165, 1.54) is 31.4 Å². The summed E-state index contributed by atoms with van der Waals surface area (Å²) >= 11 is 3.23. The van der Waals surface area contributed by atoms with Crippen molar-refractivity contribution in [3.63, 3.8) is 0 Å². The molecule has 0 saturated carbocycles. The fourth-order valence-corrected chi connectivity index (χ4v) is 1.49. The SMILES string of the molecule is COC(=O)c1ncn(-c2ncc(Br)c(OC)n2)n1. The van der Waals surface area contributed by atoms with Crippen LogP contribution in [0.5, 0.6) is 5.88 Å². The van der Waals surface area contributed by atoms with E-state index in [0.717, 1.165) is 0 Å². The van der Waals surface area contributed by atoms with Crippen LogP contribution in [0, 0.1) is 0 Å². The lowest BCUT2D eigenvalue weighted by Crippen LogP contribution is -2.07. The van der Waals surface area contributed by atoms with Crippen LogP contribution in [-0.2, 0) is 4.74 Å². The van der Waals surface area contributed by atoms with Crippen LogP contribution in [0.25, 0.3) is 5.95 Å². The third-order valence-corrected chi connectivity index (χ3v) is 2.50. The Balaban J connectivity index is 2.37. The molecule has 0 radical (unpaired) electrons. The van der Waals surface area contributed by atoms with Gasteiger partial charge in [0.1, 0.15) is 6.33 Å². The number of methoxy groups -OCH3 is 2. The molecule has 2 heterocycles. The van der Waals surface area contributed by atoms with E-state index in [4.69, 9.17) is 4.74 Å². The zero-order chi connectivity index (χ0) is 13.1. The molecule has 0 atom stereocenters. The lowest BCUT2D eigenvalue weighted by atomic mass is 10.6. The Morgan fingerprint density at radius 2 is 2.17 bits per heavy atom. The number of hydrogen-bond acceptors (Lipinski definition) is 7. The molecule has 0 aromatic carbocycles. The summed E-state index contributed by atoms with van der Waals surface area (Å²) in [6.07, 6.45) is 2.83. The van der Waals surface area contributed by atoms with E-state index in [1.807, 2.05) is 0 Å². The van der Waals surface area contributed by atoms with Crippen LogP contribution in [-0.4, -0.2) is 44.9 Å². The molecule has 0 aliphatic carbocycles. The predicted octanol–water partition coefficient (Wildman–Crippen LogP) is 0.615. The van der Waals surface area contributed by atoms with Crippen LogP contribution in [0.2, 0.25) is 0 Å². The van der Waals surface area contributed by atoms with E-state index in [-0.39, 0.29) is 11.8 Å². The molecule has 0 spiro atoms. The van der Waals surface area contributed by atoms with E-state index in [1.54, 1.807) is 0 Å². The summed E-state index contributed by atoms with van der Waals surface area (Å²) in [5, 5.41) is 3.89. The van der Waals surface area contributed by atoms with Gasteiger partial charge in [0, 0.05) is 0 Å². The number of nitrogens with zero attached hydrogens (tertiary/aromatic N) is 5. The Bertz CT molecular complexity index is 585. The lowest BCUT2D eigenvalue weighted by Gasteiger charge is -2.03. The molecule has 18 heavy (non-hydrogen) atoms. The first-order valence-electron chi connectivity index (χ1n) is 4.72. The van der Waals surface area contributed by atoms with Crippen molar-refractivity contribution in [3.05, 3.63) is 22.8 Å². The average molecular weight is 314 g/mol. The second kappa shape index (κ2) is 5.08. The molecule has 0 unspecified atom stereocenters. The second-order valence-corrected chi connectivity index (χ2v) is 3.89. The third-order valence-electron chi connectivity index (χ3n) is 1.96. The first kappa shape index (κ1) is 12.4. The highest BCUT2D eigenvalue weighted by molar-refractivity contribution is 9.10. The highest BCUT2D eigenvalue weighted by Gasteiger charge is 2.14. The zero-order valence-electron chi connectivity index (χ0n) is 9.49. The summed E-state index contributed by atoms with van der Waals surface area (Å²) < 4.78 is 11.4. The van der Waals surface area contributed by atoms with Gasteiger partial charge in [0.15, 0.2) is 0 Å². The largest absolute Gasteiger partial charge is 0.480 e. The molecule has 0 bridgehead atoms. The molecule has 2 rings (SSSR count). The maximum Gasteiger partial charge on any atom is 0.377 e. The fourth-order valence-electron chi connectivity index (χ4n) is 1.14. The minimum atomic E-state index is -0.627. The number of aromatic nitrogens is 5. The zero-order valence-corrected chi connectivity index (χ0v) is 11.1. The van der Waals surface area contributed by atoms with Gasteiger partial charge in [0.2, 0.25) is 5.88 Å². The topological polar surface area (TPSA) is 92.0 Å². The molecule has 0 fully saturated rings. The van der Waals surface area contributed by atoms with E-state index in [0.29, 0.717) is 10.4 Å². The molecule has 0 aliphatic heterocycles. The summed E-state index contributed by atoms with van der Waals surface area (Å²) in [5.74, 6) is -0.103. The number of halogens is 1. The summed E-state index contributed by atoms with van der Waals surface area (Å²) in [6, 6.07) is 0. The normalized spacial score (nSPS) is 10.2. The monoisotopic (exact) mass is 313 g/mol. The number of ether oxygens (including phenoxy) is 2. The van der Waals surface area contributed by atoms with Gasteiger partial charge in [0.05, 0.1) is 24.9 Å². The summed E-state index contributed by atoms with van der Waals surface area (Å²) in [4.78, 5) is 23.1. The maximum atomic E-state index is 11.2. The molecule has 0 N–H and O–H groups in total. The van der Waals surface area contributed by atoms with Gasteiger partial charge in [-0.3, -0.25) is 0 Å². The van der Waals surface area contributed by atoms with Gasteiger partial charge in [-0.1, -0.05) is 0 Å². The molecule has 0 saturated heterocycles. The molecule has 0 amide bonds. The van der Waals surface area contributed by atoms with Crippen LogP contribution >= 0.6 is 15.9 Å². The Kier molecular flexibility index (Phi) is 3.51. The van der Waals surface area contributed by atoms with Crippen molar-refractivity contribution < 1.29 is 14.3 Å². The van der Waals surface area contributed by atoms with Gasteiger partial charge in [-0.05, 0) is 15.9 Å². The van der Waals surface area contributed by atoms with Gasteiger partial charge >= 0.3 is 5.97 Å². The highest BCUT2D eigenvalue weighted by Crippen LogP contribution is 2.21. The van der Waals surface area contributed by atoms with Gasteiger partial charge in [-0.25, -0.2) is 14.8 Å². The highest BCUT2D eigenvalue weighted by atomic mass is 79.9. The van der Waals surface area contributed by atoms with E-state index in [9.17, 15) is 4.79 Å². The van der Waals surface area contributed by atoms with Crippen LogP contribution in [0.3, 0.4) is 0 Å². The van der Waals surface area contributed by atoms with Crippen LogP contribution < -0.4 is 4.74 Å². The number of carbonyl (C=O) groups excluding carboxylic acids is 1. The predicted molar refractivity (Wildman–Crippen MR) is 62.5 cm³/mol. The molecule has 0 aliphatic rings. The summed E-state index contributed by atoms with van der Waals surface area (Å²) in [7, 11) is 2.74. The van der Waals surface area contributed by atoms with Gasteiger partial charge in [-0.2, -0.15) is 9.67 Å². The van der Waals surface area contributed by atoms with Crippen molar-refractivity contribution in [1.29, 1.82) is 0 Å². The summed E-state index contributed by atoms with van der Waals surface area (Å²) in [5.41, 5.74) is 0. The van der Waals surface area contributed by atoms with Gasteiger partial charge in [0.25, 0.3) is 11.8 Å². The summed E-state index contributed by atoms with van der Waals surface area (Å²) in [6.45, 7) is 0. The van der Waals surface area contributed by atoms with Gasteiger partial charge in [-0.15, -0.1) is 5.10 Å². The van der Waals surface area contributed by atoms with Crippen molar-refractivity contribution in [2.45, 2.75) is 0 Å². The van der Waals surface area contributed by atoms with E-state index < -0.39 is 5.97 Å². The van der Waals surface area contributed by atoms with E-state index in [2.05, 4.69) is 40.7 Å². The standard InChI is InChI=1S/C9H8BrN5O3/c1-17-7-5(10)3-11-9(13-7)15-4-12-6(14-15)8(16)18-2/h3-4H,1-2H3. The minimum absolute atomic E-state index is 0.0667. The third kappa shape index (κ3) is 2.30. The number of esters is 1.